The summed E-state index contributed by atoms with van der Waals surface area (Å²) in [7, 11) is 0. The Hall–Kier alpha value is -2.29. The standard InChI is InChI=1S/C22H22N.C13H24O2.CH4.Ir/c1-14-10-15(2)12-17(11-14)21-18-7-5-6-16-8-9-22(3,4)19(13-23-21)20(16)18;1-5-10(6-2)12(14)9-13(15)11(7-3)8-4;;/h5-7,10-11,13H,8-9H2,1-4H3;9-11,14H,5-8H2,1-4H3;1H4;/q-1;;;. The number of aliphatic hydroxyl groups is 1. The Morgan fingerprint density at radius 3 is 2.25 bits per heavy atom. The van der Waals surface area contributed by atoms with Crippen molar-refractivity contribution in [2.75, 3.05) is 0 Å². The molecule has 4 heteroatoms. The number of pyridine rings is 1. The number of hydrogen-bond donors (Lipinski definition) is 1. The third-order valence-corrected chi connectivity index (χ3v) is 8.23. The van der Waals surface area contributed by atoms with E-state index < -0.39 is 0 Å². The summed E-state index contributed by atoms with van der Waals surface area (Å²) in [6, 6.07) is 14.5. The molecule has 1 aromatic heterocycles. The first-order chi connectivity index (χ1) is 18.1. The van der Waals surface area contributed by atoms with Crippen molar-refractivity contribution in [1.29, 1.82) is 0 Å². The molecular formula is C36H50IrNO2-. The molecule has 0 fully saturated rings. The zero-order valence-corrected chi connectivity index (χ0v) is 27.5. The van der Waals surface area contributed by atoms with Crippen LogP contribution < -0.4 is 0 Å². The van der Waals surface area contributed by atoms with Crippen LogP contribution in [0.15, 0.2) is 48.4 Å². The molecule has 0 unspecified atom stereocenters. The molecular weight excluding hydrogens is 671 g/mol. The van der Waals surface area contributed by atoms with E-state index in [1.165, 1.54) is 45.5 Å². The minimum absolute atomic E-state index is 0. The van der Waals surface area contributed by atoms with Crippen molar-refractivity contribution in [1.82, 2.24) is 4.98 Å². The zero-order chi connectivity index (χ0) is 28.0. The van der Waals surface area contributed by atoms with Crippen LogP contribution in [-0.2, 0) is 36.7 Å². The summed E-state index contributed by atoms with van der Waals surface area (Å²) in [5, 5.41) is 12.4. The van der Waals surface area contributed by atoms with Gasteiger partial charge in [0.1, 0.15) is 0 Å². The predicted octanol–water partition coefficient (Wildman–Crippen LogP) is 10.0. The van der Waals surface area contributed by atoms with E-state index in [1.807, 2.05) is 27.7 Å². The number of hydrogen-bond acceptors (Lipinski definition) is 3. The Morgan fingerprint density at radius 1 is 1.05 bits per heavy atom. The largest absolute Gasteiger partial charge is 0.512 e. The summed E-state index contributed by atoms with van der Waals surface area (Å²) in [5.74, 6) is 0.547. The van der Waals surface area contributed by atoms with E-state index in [2.05, 4.69) is 70.3 Å². The van der Waals surface area contributed by atoms with Crippen LogP contribution >= 0.6 is 0 Å². The third kappa shape index (κ3) is 8.14. The van der Waals surface area contributed by atoms with Crippen molar-refractivity contribution in [3.05, 3.63) is 76.7 Å². The first-order valence-corrected chi connectivity index (χ1v) is 14.4. The molecule has 0 bridgehead atoms. The molecule has 1 heterocycles. The van der Waals surface area contributed by atoms with Gasteiger partial charge in [-0.2, -0.15) is 0 Å². The van der Waals surface area contributed by atoms with Crippen molar-refractivity contribution in [3.8, 4) is 11.3 Å². The Bertz CT molecular complexity index is 1280. The van der Waals surface area contributed by atoms with E-state index >= 15 is 0 Å². The van der Waals surface area contributed by atoms with Crippen LogP contribution in [0.1, 0.15) is 103 Å². The van der Waals surface area contributed by atoms with Gasteiger partial charge in [0.15, 0.2) is 5.78 Å². The molecule has 0 aliphatic heterocycles. The Kier molecular flexibility index (Phi) is 14.0. The second-order valence-corrected chi connectivity index (χ2v) is 11.5. The average molecular weight is 721 g/mol. The van der Waals surface area contributed by atoms with E-state index in [0.717, 1.165) is 43.4 Å². The van der Waals surface area contributed by atoms with Gasteiger partial charge in [0.05, 0.1) is 5.76 Å². The van der Waals surface area contributed by atoms with E-state index in [4.69, 9.17) is 4.98 Å². The van der Waals surface area contributed by atoms with Gasteiger partial charge in [0, 0.05) is 44.2 Å². The summed E-state index contributed by atoms with van der Waals surface area (Å²) < 4.78 is 0. The maximum atomic E-state index is 11.7. The number of carbonyl (C=O) groups is 1. The van der Waals surface area contributed by atoms with Crippen molar-refractivity contribution in [2.24, 2.45) is 11.8 Å². The van der Waals surface area contributed by atoms with Crippen molar-refractivity contribution in [2.45, 2.75) is 107 Å². The molecule has 3 nitrogen and oxygen atoms in total. The number of benzene rings is 2. The smallest absolute Gasteiger partial charge is 0.162 e. The molecule has 221 valence electrons. The monoisotopic (exact) mass is 721 g/mol. The van der Waals surface area contributed by atoms with Crippen molar-refractivity contribution < 1.29 is 30.0 Å². The second kappa shape index (κ2) is 15.6. The van der Waals surface area contributed by atoms with E-state index in [-0.39, 0.29) is 56.3 Å². The van der Waals surface area contributed by atoms with Gasteiger partial charge >= 0.3 is 0 Å². The maximum Gasteiger partial charge on any atom is 0.162 e. The van der Waals surface area contributed by atoms with Gasteiger partial charge in [-0.1, -0.05) is 81.0 Å². The Labute approximate surface area is 257 Å². The molecule has 0 atom stereocenters. The number of allylic oxidation sites excluding steroid dienone is 2. The predicted molar refractivity (Wildman–Crippen MR) is 167 cm³/mol. The molecule has 1 N–H and O–H groups in total. The van der Waals surface area contributed by atoms with Crippen LogP contribution in [0.25, 0.3) is 22.0 Å². The average Bonchev–Trinajstić information content (AvgIpc) is 2.87. The molecule has 1 aliphatic rings. The van der Waals surface area contributed by atoms with Gasteiger partial charge in [-0.25, -0.2) is 0 Å². The summed E-state index contributed by atoms with van der Waals surface area (Å²) in [4.78, 5) is 16.6. The molecule has 2 aromatic carbocycles. The summed E-state index contributed by atoms with van der Waals surface area (Å²) in [5.41, 5.74) is 7.66. The summed E-state index contributed by atoms with van der Waals surface area (Å²) in [6.07, 6.45) is 9.35. The van der Waals surface area contributed by atoms with Gasteiger partial charge in [0.2, 0.25) is 0 Å². The maximum absolute atomic E-state index is 11.7. The minimum Gasteiger partial charge on any atom is -0.512 e. The van der Waals surface area contributed by atoms with Gasteiger partial charge in [-0.05, 0) is 71.5 Å². The molecule has 1 aliphatic carbocycles. The van der Waals surface area contributed by atoms with E-state index in [9.17, 15) is 9.90 Å². The third-order valence-electron chi connectivity index (χ3n) is 8.23. The molecule has 40 heavy (non-hydrogen) atoms. The zero-order valence-electron chi connectivity index (χ0n) is 25.1. The van der Waals surface area contributed by atoms with Crippen LogP contribution in [0.4, 0.5) is 0 Å². The Morgan fingerprint density at radius 2 is 1.68 bits per heavy atom. The number of aromatic nitrogens is 1. The second-order valence-electron chi connectivity index (χ2n) is 11.5. The fourth-order valence-electron chi connectivity index (χ4n) is 5.70. The number of ketones is 1. The van der Waals surface area contributed by atoms with Gasteiger partial charge in [-0.15, -0.1) is 34.9 Å². The van der Waals surface area contributed by atoms with Gasteiger partial charge < -0.3 is 10.1 Å². The van der Waals surface area contributed by atoms with Crippen molar-refractivity contribution in [3.63, 3.8) is 0 Å². The number of aliphatic hydroxyl groups excluding tert-OH is 1. The van der Waals surface area contributed by atoms with Crippen molar-refractivity contribution >= 4 is 16.6 Å². The fourth-order valence-corrected chi connectivity index (χ4v) is 5.70. The number of nitrogens with zero attached hydrogens (tertiary/aromatic N) is 1. The van der Waals surface area contributed by atoms with Crippen LogP contribution in [0, 0.1) is 31.7 Å². The van der Waals surface area contributed by atoms with E-state index in [0.29, 0.717) is 0 Å². The Balaban J connectivity index is 0.000000418. The molecule has 0 spiro atoms. The van der Waals surface area contributed by atoms with E-state index in [1.54, 1.807) is 0 Å². The summed E-state index contributed by atoms with van der Waals surface area (Å²) >= 11 is 0. The molecule has 0 amide bonds. The molecule has 0 saturated carbocycles. The number of carbonyl (C=O) groups excluding carboxylic acids is 1. The first kappa shape index (κ1) is 35.7. The van der Waals surface area contributed by atoms with Crippen LogP contribution in [0.3, 0.4) is 0 Å². The van der Waals surface area contributed by atoms with Crippen LogP contribution in [0.2, 0.25) is 0 Å². The molecule has 4 rings (SSSR count). The minimum atomic E-state index is 0. The van der Waals surface area contributed by atoms with Gasteiger partial charge in [0.25, 0.3) is 0 Å². The van der Waals surface area contributed by atoms with Crippen LogP contribution in [-0.4, -0.2) is 15.9 Å². The quantitative estimate of drug-likeness (QED) is 0.143. The summed E-state index contributed by atoms with van der Waals surface area (Å²) in [6.45, 7) is 17.0. The van der Waals surface area contributed by atoms with Gasteiger partial charge in [-0.3, -0.25) is 4.79 Å². The fraction of sp³-hybridized carbons (Fsp3) is 0.500. The number of aryl methyl sites for hydroxylation is 3. The van der Waals surface area contributed by atoms with Crippen LogP contribution in [0.5, 0.6) is 0 Å². The molecule has 1 radical (unpaired) electrons. The first-order valence-electron chi connectivity index (χ1n) is 14.4. The molecule has 0 saturated heterocycles. The topological polar surface area (TPSA) is 50.2 Å². The molecule has 3 aromatic rings. The number of rotatable bonds is 8. The normalized spacial score (nSPS) is 13.8. The SMILES string of the molecule is C.CCC(CC)C(=O)C=C(O)C(CC)CC.Cc1[c-]c(-c2ncc3c4c(cccc24)CCC3(C)C)cc(C)c1.[Ir].